The molecule has 0 saturated heterocycles. The van der Waals surface area contributed by atoms with Crippen molar-refractivity contribution in [1.29, 1.82) is 0 Å². The second-order valence-electron chi connectivity index (χ2n) is 7.47. The van der Waals surface area contributed by atoms with E-state index in [4.69, 9.17) is 16.6 Å². The molecule has 4 nitrogen and oxygen atoms in total. The summed E-state index contributed by atoms with van der Waals surface area (Å²) in [5.74, 6) is 0.715. The Morgan fingerprint density at radius 2 is 1.73 bits per heavy atom. The standard InChI is InChI=1S/C25H27ClN2O2/c1-2-3-5-10-24-27-23(20-12-14-21(26)15-13-20)17-25(30)28(24)18-22(29)16-11-19-8-6-4-7-9-19/h4,6-9,12-15,17H,2-3,5,10-11,16,18H2,1H3. The smallest absolute Gasteiger partial charge is 0.254 e. The first kappa shape index (κ1) is 22.0. The first-order valence-electron chi connectivity index (χ1n) is 10.5. The van der Waals surface area contributed by atoms with E-state index in [-0.39, 0.29) is 17.9 Å². The largest absolute Gasteiger partial charge is 0.298 e. The number of nitrogens with zero attached hydrogens (tertiary/aromatic N) is 2. The number of halogens is 1. The molecule has 0 bridgehead atoms. The van der Waals surface area contributed by atoms with Crippen LogP contribution in [0.4, 0.5) is 0 Å². The third kappa shape index (κ3) is 6.14. The minimum atomic E-state index is -0.186. The van der Waals surface area contributed by atoms with Crippen molar-refractivity contribution in [2.24, 2.45) is 0 Å². The van der Waals surface area contributed by atoms with Crippen LogP contribution in [0.25, 0.3) is 11.3 Å². The van der Waals surface area contributed by atoms with Gasteiger partial charge in [-0.15, -0.1) is 0 Å². The summed E-state index contributed by atoms with van der Waals surface area (Å²) in [7, 11) is 0. The van der Waals surface area contributed by atoms with Gasteiger partial charge in [-0.25, -0.2) is 4.98 Å². The molecule has 1 heterocycles. The molecule has 5 heteroatoms. The highest BCUT2D eigenvalue weighted by Gasteiger charge is 2.13. The summed E-state index contributed by atoms with van der Waals surface area (Å²) in [6, 6.07) is 18.7. The molecule has 0 N–H and O–H groups in total. The molecular formula is C25H27ClN2O2. The van der Waals surface area contributed by atoms with Gasteiger partial charge < -0.3 is 0 Å². The Hall–Kier alpha value is -2.72. The highest BCUT2D eigenvalue weighted by atomic mass is 35.5. The van der Waals surface area contributed by atoms with E-state index in [1.54, 1.807) is 16.7 Å². The van der Waals surface area contributed by atoms with E-state index in [9.17, 15) is 9.59 Å². The van der Waals surface area contributed by atoms with Crippen LogP contribution < -0.4 is 5.56 Å². The van der Waals surface area contributed by atoms with Crippen LogP contribution in [0.5, 0.6) is 0 Å². The molecule has 0 amide bonds. The minimum Gasteiger partial charge on any atom is -0.298 e. The SMILES string of the molecule is CCCCCc1nc(-c2ccc(Cl)cc2)cc(=O)n1CC(=O)CCc1ccccc1. The molecule has 0 aliphatic rings. The molecule has 0 fully saturated rings. The highest BCUT2D eigenvalue weighted by Crippen LogP contribution is 2.19. The number of ketones is 1. The Morgan fingerprint density at radius 1 is 1.00 bits per heavy atom. The van der Waals surface area contributed by atoms with Gasteiger partial charge in [0.25, 0.3) is 5.56 Å². The molecule has 2 aromatic carbocycles. The van der Waals surface area contributed by atoms with Crippen molar-refractivity contribution in [3.05, 3.63) is 87.4 Å². The second kappa shape index (κ2) is 10.9. The summed E-state index contributed by atoms with van der Waals surface area (Å²) in [4.78, 5) is 30.2. The lowest BCUT2D eigenvalue weighted by Gasteiger charge is -2.13. The van der Waals surface area contributed by atoms with Crippen molar-refractivity contribution in [2.45, 2.75) is 52.0 Å². The van der Waals surface area contributed by atoms with Gasteiger partial charge in [-0.2, -0.15) is 0 Å². The molecular weight excluding hydrogens is 396 g/mol. The maximum atomic E-state index is 12.9. The first-order chi connectivity index (χ1) is 14.6. The maximum absolute atomic E-state index is 12.9. The molecule has 1 aromatic heterocycles. The predicted octanol–water partition coefficient (Wildman–Crippen LogP) is 5.50. The zero-order valence-electron chi connectivity index (χ0n) is 17.3. The van der Waals surface area contributed by atoms with Crippen LogP contribution in [0.15, 0.2) is 65.5 Å². The minimum absolute atomic E-state index is 0.0405. The zero-order chi connectivity index (χ0) is 21.3. The average Bonchev–Trinajstić information content (AvgIpc) is 2.76. The van der Waals surface area contributed by atoms with Gasteiger partial charge in [0.2, 0.25) is 0 Å². The summed E-state index contributed by atoms with van der Waals surface area (Å²) in [5, 5.41) is 0.638. The number of rotatable bonds is 10. The number of benzene rings is 2. The lowest BCUT2D eigenvalue weighted by molar-refractivity contribution is -0.119. The van der Waals surface area contributed by atoms with Crippen molar-refractivity contribution in [3.63, 3.8) is 0 Å². The van der Waals surface area contributed by atoms with Crippen LogP contribution in [-0.4, -0.2) is 15.3 Å². The number of hydrogen-bond acceptors (Lipinski definition) is 3. The molecule has 0 unspecified atom stereocenters. The number of unbranched alkanes of at least 4 members (excludes halogenated alkanes) is 2. The number of aromatic nitrogens is 2. The molecule has 30 heavy (non-hydrogen) atoms. The highest BCUT2D eigenvalue weighted by molar-refractivity contribution is 6.30. The molecule has 0 aliphatic carbocycles. The monoisotopic (exact) mass is 422 g/mol. The third-order valence-corrected chi connectivity index (χ3v) is 5.35. The van der Waals surface area contributed by atoms with E-state index in [0.717, 1.165) is 30.4 Å². The Morgan fingerprint density at radius 3 is 2.43 bits per heavy atom. The maximum Gasteiger partial charge on any atom is 0.254 e. The second-order valence-corrected chi connectivity index (χ2v) is 7.91. The number of Topliss-reactive ketones (excluding diaryl/α,β-unsaturated/α-hetero) is 1. The lowest BCUT2D eigenvalue weighted by Crippen LogP contribution is -2.28. The van der Waals surface area contributed by atoms with Gasteiger partial charge in [-0.3, -0.25) is 14.2 Å². The van der Waals surface area contributed by atoms with Crippen LogP contribution in [0.2, 0.25) is 5.02 Å². The van der Waals surface area contributed by atoms with Gasteiger partial charge >= 0.3 is 0 Å². The molecule has 0 spiro atoms. The Bertz CT molecular complexity index is 1030. The fourth-order valence-corrected chi connectivity index (χ4v) is 3.53. The third-order valence-electron chi connectivity index (χ3n) is 5.10. The summed E-state index contributed by atoms with van der Waals surface area (Å²) < 4.78 is 1.54. The van der Waals surface area contributed by atoms with E-state index < -0.39 is 0 Å². The van der Waals surface area contributed by atoms with Crippen molar-refractivity contribution in [2.75, 3.05) is 0 Å². The summed E-state index contributed by atoms with van der Waals surface area (Å²) in [6.45, 7) is 2.21. The Balaban J connectivity index is 1.81. The lowest BCUT2D eigenvalue weighted by atomic mass is 10.1. The van der Waals surface area contributed by atoms with E-state index in [1.807, 2.05) is 42.5 Å². The fourth-order valence-electron chi connectivity index (χ4n) is 3.40. The molecule has 156 valence electrons. The number of hydrogen-bond donors (Lipinski definition) is 0. The number of carbonyl (C=O) groups excluding carboxylic acids is 1. The molecule has 0 atom stereocenters. The summed E-state index contributed by atoms with van der Waals surface area (Å²) >= 11 is 5.98. The first-order valence-corrected chi connectivity index (χ1v) is 10.9. The van der Waals surface area contributed by atoms with Gasteiger partial charge in [0.1, 0.15) is 5.82 Å². The zero-order valence-corrected chi connectivity index (χ0v) is 18.1. The normalized spacial score (nSPS) is 10.9. The Labute approximate surface area is 182 Å². The molecule has 3 rings (SSSR count). The van der Waals surface area contributed by atoms with Crippen LogP contribution in [0, 0.1) is 0 Å². The molecule has 0 radical (unpaired) electrons. The van der Waals surface area contributed by atoms with E-state index in [1.165, 1.54) is 6.07 Å². The van der Waals surface area contributed by atoms with Gasteiger partial charge in [0.05, 0.1) is 12.2 Å². The molecule has 0 saturated carbocycles. The molecule has 0 aliphatic heterocycles. The number of aryl methyl sites for hydroxylation is 2. The van der Waals surface area contributed by atoms with Crippen molar-refractivity contribution >= 4 is 17.4 Å². The van der Waals surface area contributed by atoms with Crippen LogP contribution >= 0.6 is 11.6 Å². The predicted molar refractivity (Wildman–Crippen MR) is 122 cm³/mol. The van der Waals surface area contributed by atoms with Crippen LogP contribution in [0.3, 0.4) is 0 Å². The van der Waals surface area contributed by atoms with Gasteiger partial charge in [-0.05, 0) is 30.5 Å². The van der Waals surface area contributed by atoms with Crippen molar-refractivity contribution < 1.29 is 4.79 Å². The van der Waals surface area contributed by atoms with Crippen molar-refractivity contribution in [1.82, 2.24) is 9.55 Å². The van der Waals surface area contributed by atoms with Gasteiger partial charge in [-0.1, -0.05) is 73.8 Å². The Kier molecular flexibility index (Phi) is 7.97. The fraction of sp³-hybridized carbons (Fsp3) is 0.320. The van der Waals surface area contributed by atoms with E-state index in [0.29, 0.717) is 35.8 Å². The summed E-state index contributed by atoms with van der Waals surface area (Å²) in [5.41, 5.74) is 2.40. The van der Waals surface area contributed by atoms with Gasteiger partial charge in [0, 0.05) is 29.5 Å². The average molecular weight is 423 g/mol. The van der Waals surface area contributed by atoms with Gasteiger partial charge in [0.15, 0.2) is 5.78 Å². The van der Waals surface area contributed by atoms with Crippen LogP contribution in [0.1, 0.15) is 44.0 Å². The topological polar surface area (TPSA) is 52.0 Å². The molecule has 3 aromatic rings. The van der Waals surface area contributed by atoms with Crippen molar-refractivity contribution in [3.8, 4) is 11.3 Å². The van der Waals surface area contributed by atoms with E-state index in [2.05, 4.69) is 6.92 Å². The van der Waals surface area contributed by atoms with E-state index >= 15 is 0 Å². The number of carbonyl (C=O) groups is 1. The quantitative estimate of drug-likeness (QED) is 0.405. The summed E-state index contributed by atoms with van der Waals surface area (Å²) in [6.07, 6.45) is 4.83. The van der Waals surface area contributed by atoms with Crippen LogP contribution in [-0.2, 0) is 24.2 Å².